The van der Waals surface area contributed by atoms with Crippen molar-refractivity contribution >= 4 is 17.6 Å². The number of hydrogen-bond donors (Lipinski definition) is 1. The van der Waals surface area contributed by atoms with Gasteiger partial charge in [0.25, 0.3) is 5.91 Å². The summed E-state index contributed by atoms with van der Waals surface area (Å²) in [5, 5.41) is 6.49. The van der Waals surface area contributed by atoms with Crippen LogP contribution in [0.1, 0.15) is 23.2 Å². The number of amides is 2. The van der Waals surface area contributed by atoms with Gasteiger partial charge in [-0.2, -0.15) is 0 Å². The van der Waals surface area contributed by atoms with E-state index in [2.05, 4.69) is 10.5 Å². The smallest absolute Gasteiger partial charge is 0.289 e. The number of hydrogen-bond acceptors (Lipinski definition) is 6. The van der Waals surface area contributed by atoms with Crippen molar-refractivity contribution in [2.24, 2.45) is 0 Å². The zero-order valence-corrected chi connectivity index (χ0v) is 13.7. The summed E-state index contributed by atoms with van der Waals surface area (Å²) in [6.45, 7) is 5.96. The Balaban J connectivity index is 1.52. The summed E-state index contributed by atoms with van der Waals surface area (Å²) in [5.41, 5.74) is 0. The van der Waals surface area contributed by atoms with E-state index in [-0.39, 0.29) is 17.9 Å². The molecule has 24 heavy (non-hydrogen) atoms. The normalized spacial score (nSPS) is 16.8. The average molecular weight is 332 g/mol. The monoisotopic (exact) mass is 332 g/mol. The fourth-order valence-electron chi connectivity index (χ4n) is 2.69. The zero-order valence-electron chi connectivity index (χ0n) is 13.7. The van der Waals surface area contributed by atoms with Gasteiger partial charge in [-0.1, -0.05) is 5.16 Å². The first-order valence-electron chi connectivity index (χ1n) is 7.85. The molecule has 1 aliphatic heterocycles. The maximum Gasteiger partial charge on any atom is 0.289 e. The summed E-state index contributed by atoms with van der Waals surface area (Å²) >= 11 is 0. The highest BCUT2D eigenvalue weighted by Gasteiger charge is 2.29. The fraction of sp³-hybridized carbons (Fsp3) is 0.438. The van der Waals surface area contributed by atoms with Crippen molar-refractivity contribution in [3.8, 4) is 0 Å². The van der Waals surface area contributed by atoms with Gasteiger partial charge in [0.1, 0.15) is 5.76 Å². The Bertz CT molecular complexity index is 701. The fourth-order valence-corrected chi connectivity index (χ4v) is 2.69. The highest BCUT2D eigenvalue weighted by molar-refractivity contribution is 5.94. The molecule has 3 heterocycles. The topological polar surface area (TPSA) is 91.8 Å². The summed E-state index contributed by atoms with van der Waals surface area (Å²) in [6.07, 6.45) is 1.49. The summed E-state index contributed by atoms with van der Waals surface area (Å²) in [4.78, 5) is 28.3. The molecule has 1 fully saturated rings. The molecule has 1 atom stereocenters. The Morgan fingerprint density at radius 1 is 1.29 bits per heavy atom. The van der Waals surface area contributed by atoms with E-state index >= 15 is 0 Å². The highest BCUT2D eigenvalue weighted by Crippen LogP contribution is 2.13. The van der Waals surface area contributed by atoms with E-state index < -0.39 is 0 Å². The summed E-state index contributed by atoms with van der Waals surface area (Å²) in [5.74, 6) is 1.14. The molecule has 1 unspecified atom stereocenters. The van der Waals surface area contributed by atoms with E-state index in [1.54, 1.807) is 30.0 Å². The third-order valence-corrected chi connectivity index (χ3v) is 4.14. The van der Waals surface area contributed by atoms with Crippen molar-refractivity contribution in [2.75, 3.05) is 31.5 Å². The maximum absolute atomic E-state index is 12.3. The van der Waals surface area contributed by atoms with E-state index in [1.165, 1.54) is 6.26 Å². The summed E-state index contributed by atoms with van der Waals surface area (Å²) in [7, 11) is 0. The molecule has 0 bridgehead atoms. The number of furan rings is 1. The average Bonchev–Trinajstić information content (AvgIpc) is 3.25. The lowest BCUT2D eigenvalue weighted by atomic mass is 10.2. The lowest BCUT2D eigenvalue weighted by molar-refractivity contribution is -0.121. The predicted octanol–water partition coefficient (Wildman–Crippen LogP) is 1.36. The number of nitrogens with zero attached hydrogens (tertiary/aromatic N) is 3. The Kier molecular flexibility index (Phi) is 4.66. The molecule has 1 saturated heterocycles. The molecule has 1 N–H and O–H groups in total. The van der Waals surface area contributed by atoms with Crippen LogP contribution in [0.5, 0.6) is 0 Å². The Hall–Kier alpha value is -2.61. The van der Waals surface area contributed by atoms with Crippen LogP contribution in [0.25, 0.3) is 0 Å². The van der Waals surface area contributed by atoms with Gasteiger partial charge in [-0.05, 0) is 26.0 Å². The molecule has 3 rings (SSSR count). The molecule has 0 spiro atoms. The number of nitrogens with one attached hydrogen (secondary N) is 1. The molecule has 0 saturated carbocycles. The van der Waals surface area contributed by atoms with Gasteiger partial charge in [0.2, 0.25) is 5.91 Å². The number of aromatic nitrogens is 1. The second-order valence-electron chi connectivity index (χ2n) is 5.79. The standard InChI is InChI=1S/C16H20N4O4/c1-11-10-14(18-24-11)17-15(21)12(2)19-5-7-20(8-6-19)16(22)13-4-3-9-23-13/h3-4,9-10,12H,5-8H2,1-2H3,(H,17,18,21). The van der Waals surface area contributed by atoms with Gasteiger partial charge in [0.05, 0.1) is 12.3 Å². The number of rotatable bonds is 4. The van der Waals surface area contributed by atoms with Crippen molar-refractivity contribution < 1.29 is 18.5 Å². The van der Waals surface area contributed by atoms with Crippen LogP contribution in [0, 0.1) is 6.92 Å². The number of carbonyl (C=O) groups excluding carboxylic acids is 2. The van der Waals surface area contributed by atoms with Crippen LogP contribution in [-0.2, 0) is 4.79 Å². The lowest BCUT2D eigenvalue weighted by Gasteiger charge is -2.36. The predicted molar refractivity (Wildman–Crippen MR) is 85.5 cm³/mol. The third-order valence-electron chi connectivity index (χ3n) is 4.14. The van der Waals surface area contributed by atoms with E-state index in [1.807, 2.05) is 11.8 Å². The minimum absolute atomic E-state index is 0.116. The quantitative estimate of drug-likeness (QED) is 0.909. The van der Waals surface area contributed by atoms with Crippen LogP contribution in [0.2, 0.25) is 0 Å². The van der Waals surface area contributed by atoms with E-state index in [4.69, 9.17) is 8.94 Å². The second-order valence-corrected chi connectivity index (χ2v) is 5.79. The molecule has 2 amide bonds. The molecule has 1 aliphatic rings. The molecule has 0 aliphatic carbocycles. The third kappa shape index (κ3) is 3.48. The van der Waals surface area contributed by atoms with Crippen LogP contribution >= 0.6 is 0 Å². The number of aryl methyl sites for hydroxylation is 1. The first-order chi connectivity index (χ1) is 11.5. The van der Waals surface area contributed by atoms with Crippen LogP contribution < -0.4 is 5.32 Å². The molecule has 0 aromatic carbocycles. The minimum Gasteiger partial charge on any atom is -0.459 e. The minimum atomic E-state index is -0.317. The number of piperazine rings is 1. The maximum atomic E-state index is 12.3. The van der Waals surface area contributed by atoms with Crippen molar-refractivity contribution in [1.29, 1.82) is 0 Å². The molecular weight excluding hydrogens is 312 g/mol. The van der Waals surface area contributed by atoms with E-state index in [9.17, 15) is 9.59 Å². The molecule has 128 valence electrons. The van der Waals surface area contributed by atoms with Crippen molar-refractivity contribution in [3.63, 3.8) is 0 Å². The second kappa shape index (κ2) is 6.88. The largest absolute Gasteiger partial charge is 0.459 e. The van der Waals surface area contributed by atoms with Gasteiger partial charge < -0.3 is 19.2 Å². The molecule has 8 heteroatoms. The van der Waals surface area contributed by atoms with Gasteiger partial charge >= 0.3 is 0 Å². The summed E-state index contributed by atoms with van der Waals surface area (Å²) < 4.78 is 10.1. The van der Waals surface area contributed by atoms with Gasteiger partial charge in [-0.25, -0.2) is 0 Å². The molecule has 8 nitrogen and oxygen atoms in total. The molecule has 2 aromatic rings. The van der Waals surface area contributed by atoms with Crippen molar-refractivity contribution in [3.05, 3.63) is 36.0 Å². The SMILES string of the molecule is Cc1cc(NC(=O)C(C)N2CCN(C(=O)c3ccco3)CC2)no1. The van der Waals surface area contributed by atoms with Crippen LogP contribution in [0.3, 0.4) is 0 Å². The zero-order chi connectivity index (χ0) is 17.1. The van der Waals surface area contributed by atoms with Gasteiger partial charge in [0, 0.05) is 32.2 Å². The highest BCUT2D eigenvalue weighted by atomic mass is 16.5. The first kappa shape index (κ1) is 16.3. The molecule has 0 radical (unpaired) electrons. The number of carbonyl (C=O) groups is 2. The number of anilines is 1. The van der Waals surface area contributed by atoms with Gasteiger partial charge in [-0.3, -0.25) is 14.5 Å². The lowest BCUT2D eigenvalue weighted by Crippen LogP contribution is -2.54. The van der Waals surface area contributed by atoms with E-state index in [0.717, 1.165) is 0 Å². The van der Waals surface area contributed by atoms with Crippen molar-refractivity contribution in [1.82, 2.24) is 15.0 Å². The van der Waals surface area contributed by atoms with Crippen LogP contribution in [-0.4, -0.2) is 59.0 Å². The molecular formula is C16H20N4O4. The first-order valence-corrected chi connectivity index (χ1v) is 7.85. The van der Waals surface area contributed by atoms with Gasteiger partial charge in [-0.15, -0.1) is 0 Å². The Labute approximate surface area is 139 Å². The molecule has 2 aromatic heterocycles. The van der Waals surface area contributed by atoms with E-state index in [0.29, 0.717) is 43.5 Å². The summed E-state index contributed by atoms with van der Waals surface area (Å²) in [6, 6.07) is 4.71. The van der Waals surface area contributed by atoms with Gasteiger partial charge in [0.15, 0.2) is 11.6 Å². The Morgan fingerprint density at radius 2 is 2.04 bits per heavy atom. The van der Waals surface area contributed by atoms with Crippen LogP contribution in [0.4, 0.5) is 5.82 Å². The van der Waals surface area contributed by atoms with Crippen molar-refractivity contribution in [2.45, 2.75) is 19.9 Å². The van der Waals surface area contributed by atoms with Crippen LogP contribution in [0.15, 0.2) is 33.4 Å². The Morgan fingerprint density at radius 3 is 2.62 bits per heavy atom.